The number of anilines is 1. The first-order chi connectivity index (χ1) is 10.3. The van der Waals surface area contributed by atoms with E-state index < -0.39 is 11.7 Å². The van der Waals surface area contributed by atoms with Gasteiger partial charge in [0.05, 0.1) is 25.6 Å². The minimum Gasteiger partial charge on any atom is -0.465 e. The predicted octanol–water partition coefficient (Wildman–Crippen LogP) is 5.88. The van der Waals surface area contributed by atoms with Crippen LogP contribution in [0.2, 0.25) is 5.02 Å². The van der Waals surface area contributed by atoms with E-state index in [0.717, 1.165) is 0 Å². The quantitative estimate of drug-likeness (QED) is 0.640. The first-order valence-electron chi connectivity index (χ1n) is 6.11. The molecule has 22 heavy (non-hydrogen) atoms. The van der Waals surface area contributed by atoms with Gasteiger partial charge in [0.15, 0.2) is 0 Å². The summed E-state index contributed by atoms with van der Waals surface area (Å²) in [6, 6.07) is 4.59. The van der Waals surface area contributed by atoms with Gasteiger partial charge in [0.25, 0.3) is 11.7 Å². The van der Waals surface area contributed by atoms with Crippen molar-refractivity contribution in [2.24, 2.45) is 0 Å². The fourth-order valence-corrected chi connectivity index (χ4v) is 3.37. The third-order valence-electron chi connectivity index (χ3n) is 2.84. The SMILES string of the molecule is Cc1oc(C)c(C(=O)Nc2cccc(Cl)c2SC(F)F)c1Br. The molecule has 0 spiro atoms. The third kappa shape index (κ3) is 3.64. The molecule has 1 heterocycles. The van der Waals surface area contributed by atoms with E-state index in [1.54, 1.807) is 19.9 Å². The van der Waals surface area contributed by atoms with E-state index in [9.17, 15) is 13.6 Å². The second-order valence-electron chi connectivity index (χ2n) is 4.35. The summed E-state index contributed by atoms with van der Waals surface area (Å²) in [5.74, 6) is -2.09. The Balaban J connectivity index is 2.34. The number of aryl methyl sites for hydroxylation is 2. The second kappa shape index (κ2) is 7.02. The highest BCUT2D eigenvalue weighted by Gasteiger charge is 2.22. The fraction of sp³-hybridized carbons (Fsp3) is 0.214. The lowest BCUT2D eigenvalue weighted by Crippen LogP contribution is -2.13. The van der Waals surface area contributed by atoms with Crippen LogP contribution in [0, 0.1) is 13.8 Å². The van der Waals surface area contributed by atoms with Crippen LogP contribution in [0.1, 0.15) is 21.9 Å². The van der Waals surface area contributed by atoms with Crippen molar-refractivity contribution in [3.05, 3.63) is 44.8 Å². The molecule has 118 valence electrons. The van der Waals surface area contributed by atoms with Gasteiger partial charge in [0.2, 0.25) is 0 Å². The number of benzene rings is 1. The Morgan fingerprint density at radius 1 is 1.36 bits per heavy atom. The number of thioether (sulfide) groups is 1. The minimum atomic E-state index is -2.64. The average Bonchev–Trinajstić information content (AvgIpc) is 2.67. The molecule has 0 aliphatic rings. The zero-order valence-electron chi connectivity index (χ0n) is 11.5. The van der Waals surface area contributed by atoms with E-state index in [-0.39, 0.29) is 27.4 Å². The maximum absolute atomic E-state index is 12.6. The molecule has 0 bridgehead atoms. The highest BCUT2D eigenvalue weighted by Crippen LogP contribution is 2.38. The van der Waals surface area contributed by atoms with Crippen molar-refractivity contribution < 1.29 is 18.0 Å². The number of alkyl halides is 2. The highest BCUT2D eigenvalue weighted by atomic mass is 79.9. The van der Waals surface area contributed by atoms with Gasteiger partial charge in [0, 0.05) is 0 Å². The zero-order valence-corrected chi connectivity index (χ0v) is 14.7. The lowest BCUT2D eigenvalue weighted by molar-refractivity contribution is 0.102. The monoisotopic (exact) mass is 409 g/mol. The van der Waals surface area contributed by atoms with Gasteiger partial charge in [0.1, 0.15) is 11.5 Å². The molecular weight excluding hydrogens is 400 g/mol. The number of hydrogen-bond donors (Lipinski definition) is 1. The lowest BCUT2D eigenvalue weighted by Gasteiger charge is -2.12. The number of hydrogen-bond acceptors (Lipinski definition) is 3. The largest absolute Gasteiger partial charge is 0.465 e. The number of nitrogens with one attached hydrogen (secondary N) is 1. The highest BCUT2D eigenvalue weighted by molar-refractivity contribution is 9.10. The molecule has 0 unspecified atom stereocenters. The normalized spacial score (nSPS) is 11.0. The third-order valence-corrected chi connectivity index (χ3v) is 5.07. The standard InChI is InChI=1S/C14H11BrClF2NO2S/c1-6-10(11(15)7(2)21-6)13(20)19-9-5-3-4-8(16)12(9)22-14(17)18/h3-5,14H,1-2H3,(H,19,20). The second-order valence-corrected chi connectivity index (χ2v) is 6.55. The molecule has 1 N–H and O–H groups in total. The molecule has 1 amide bonds. The Morgan fingerprint density at radius 3 is 2.59 bits per heavy atom. The van der Waals surface area contributed by atoms with Gasteiger partial charge in [-0.05, 0) is 41.9 Å². The predicted molar refractivity (Wildman–Crippen MR) is 87.1 cm³/mol. The van der Waals surface area contributed by atoms with Crippen molar-refractivity contribution in [2.45, 2.75) is 24.5 Å². The molecule has 3 nitrogen and oxygen atoms in total. The lowest BCUT2D eigenvalue weighted by atomic mass is 10.2. The molecule has 0 saturated carbocycles. The molecule has 0 saturated heterocycles. The van der Waals surface area contributed by atoms with E-state index in [1.165, 1.54) is 12.1 Å². The van der Waals surface area contributed by atoms with Crippen molar-refractivity contribution in [1.29, 1.82) is 0 Å². The van der Waals surface area contributed by atoms with Crippen LogP contribution in [0.25, 0.3) is 0 Å². The van der Waals surface area contributed by atoms with E-state index in [1.807, 2.05) is 0 Å². The molecule has 0 fully saturated rings. The fourth-order valence-electron chi connectivity index (χ4n) is 1.92. The Morgan fingerprint density at radius 2 is 2.05 bits per heavy atom. The summed E-state index contributed by atoms with van der Waals surface area (Å²) in [6.07, 6.45) is 0. The summed E-state index contributed by atoms with van der Waals surface area (Å²) < 4.78 is 31.2. The van der Waals surface area contributed by atoms with Gasteiger partial charge < -0.3 is 9.73 Å². The van der Waals surface area contributed by atoms with Crippen LogP contribution in [-0.4, -0.2) is 11.7 Å². The first kappa shape index (κ1) is 17.3. The van der Waals surface area contributed by atoms with Crippen LogP contribution in [-0.2, 0) is 0 Å². The average molecular weight is 411 g/mol. The van der Waals surface area contributed by atoms with Crippen LogP contribution in [0.5, 0.6) is 0 Å². The Labute approximate surface area is 143 Å². The number of amides is 1. The summed E-state index contributed by atoms with van der Waals surface area (Å²) in [7, 11) is 0. The van der Waals surface area contributed by atoms with Crippen molar-refractivity contribution in [3.8, 4) is 0 Å². The Kier molecular flexibility index (Phi) is 5.52. The Bertz CT molecular complexity index is 721. The smallest absolute Gasteiger partial charge is 0.289 e. The van der Waals surface area contributed by atoms with E-state index >= 15 is 0 Å². The molecule has 1 aromatic heterocycles. The molecule has 1 aromatic carbocycles. The van der Waals surface area contributed by atoms with Crippen molar-refractivity contribution in [1.82, 2.24) is 0 Å². The molecule has 0 radical (unpaired) electrons. The number of halogens is 4. The summed E-state index contributed by atoms with van der Waals surface area (Å²) in [5.41, 5.74) is 0.554. The van der Waals surface area contributed by atoms with Gasteiger partial charge in [-0.15, -0.1) is 0 Å². The Hall–Kier alpha value is -1.05. The number of carbonyl (C=O) groups is 1. The van der Waals surface area contributed by atoms with Crippen molar-refractivity contribution in [2.75, 3.05) is 5.32 Å². The molecule has 0 aliphatic carbocycles. The number of carbonyl (C=O) groups excluding carboxylic acids is 1. The van der Waals surface area contributed by atoms with Crippen LogP contribution in [0.3, 0.4) is 0 Å². The summed E-state index contributed by atoms with van der Waals surface area (Å²) in [6.45, 7) is 3.37. The van der Waals surface area contributed by atoms with Gasteiger partial charge in [-0.25, -0.2) is 0 Å². The van der Waals surface area contributed by atoms with Gasteiger partial charge in [-0.1, -0.05) is 29.4 Å². The van der Waals surface area contributed by atoms with E-state index in [2.05, 4.69) is 21.2 Å². The summed E-state index contributed by atoms with van der Waals surface area (Å²) >= 11 is 9.51. The van der Waals surface area contributed by atoms with Crippen LogP contribution in [0.15, 0.2) is 32.0 Å². The maximum atomic E-state index is 12.6. The van der Waals surface area contributed by atoms with Crippen LogP contribution < -0.4 is 5.32 Å². The summed E-state index contributed by atoms with van der Waals surface area (Å²) in [5, 5.41) is 2.76. The van der Waals surface area contributed by atoms with Crippen molar-refractivity contribution in [3.63, 3.8) is 0 Å². The molecule has 0 atom stereocenters. The van der Waals surface area contributed by atoms with Gasteiger partial charge in [-0.3, -0.25) is 4.79 Å². The van der Waals surface area contributed by atoms with Crippen LogP contribution >= 0.6 is 39.3 Å². The molecule has 0 aliphatic heterocycles. The number of furan rings is 1. The maximum Gasteiger partial charge on any atom is 0.289 e. The molecule has 2 aromatic rings. The van der Waals surface area contributed by atoms with Gasteiger partial charge in [-0.2, -0.15) is 8.78 Å². The van der Waals surface area contributed by atoms with E-state index in [0.29, 0.717) is 21.6 Å². The summed E-state index contributed by atoms with van der Waals surface area (Å²) in [4.78, 5) is 12.5. The molecular formula is C14H11BrClF2NO2S. The molecule has 2 rings (SSSR count). The van der Waals surface area contributed by atoms with E-state index in [4.69, 9.17) is 16.0 Å². The van der Waals surface area contributed by atoms with Gasteiger partial charge >= 0.3 is 0 Å². The minimum absolute atomic E-state index is 0.126. The van der Waals surface area contributed by atoms with Crippen molar-refractivity contribution >= 4 is 50.9 Å². The first-order valence-corrected chi connectivity index (χ1v) is 8.16. The number of rotatable bonds is 4. The van der Waals surface area contributed by atoms with Crippen LogP contribution in [0.4, 0.5) is 14.5 Å². The topological polar surface area (TPSA) is 42.2 Å². The molecule has 8 heteroatoms. The zero-order chi connectivity index (χ0) is 16.4.